The Morgan fingerprint density at radius 3 is 2.56 bits per heavy atom. The van der Waals surface area contributed by atoms with E-state index in [4.69, 9.17) is 20.4 Å². The molecule has 0 aliphatic rings. The Balaban J connectivity index is 2.48. The van der Waals surface area contributed by atoms with Crippen molar-refractivity contribution in [3.05, 3.63) is 29.8 Å². The third-order valence-corrected chi connectivity index (χ3v) is 2.19. The number of amidine groups is 1. The summed E-state index contributed by atoms with van der Waals surface area (Å²) in [6.07, 6.45) is -0.410. The highest BCUT2D eigenvalue weighted by Crippen LogP contribution is 2.12. The van der Waals surface area contributed by atoms with E-state index in [2.05, 4.69) is 5.16 Å². The summed E-state index contributed by atoms with van der Waals surface area (Å²) in [6.45, 7) is 2.12. The topological polar surface area (TPSA) is 77.1 Å². The second kappa shape index (κ2) is 5.97. The van der Waals surface area contributed by atoms with Crippen LogP contribution in [0.15, 0.2) is 29.4 Å². The Morgan fingerprint density at radius 1 is 1.44 bits per heavy atom. The quantitative estimate of drug-likeness (QED) is 0.342. The first kappa shape index (κ1) is 12.3. The predicted octanol–water partition coefficient (Wildman–Crippen LogP) is 1.35. The van der Waals surface area contributed by atoms with Gasteiger partial charge in [-0.3, -0.25) is 0 Å². The van der Waals surface area contributed by atoms with Gasteiger partial charge in [-0.2, -0.15) is 0 Å². The van der Waals surface area contributed by atoms with E-state index in [0.29, 0.717) is 6.61 Å². The lowest BCUT2D eigenvalue weighted by atomic mass is 10.2. The van der Waals surface area contributed by atoms with Crippen LogP contribution in [0.5, 0.6) is 5.75 Å². The third-order valence-electron chi connectivity index (χ3n) is 2.19. The van der Waals surface area contributed by atoms with Crippen LogP contribution < -0.4 is 10.5 Å². The molecule has 3 N–H and O–H groups in total. The molecule has 0 spiro atoms. The minimum Gasteiger partial charge on any atom is -0.497 e. The van der Waals surface area contributed by atoms with Gasteiger partial charge in [0.2, 0.25) is 0 Å². The van der Waals surface area contributed by atoms with Crippen LogP contribution >= 0.6 is 0 Å². The third kappa shape index (κ3) is 3.43. The van der Waals surface area contributed by atoms with Crippen molar-refractivity contribution in [1.29, 1.82) is 0 Å². The molecule has 0 aliphatic carbocycles. The Hall–Kier alpha value is -1.75. The second-order valence-corrected chi connectivity index (χ2v) is 3.33. The van der Waals surface area contributed by atoms with E-state index in [-0.39, 0.29) is 5.84 Å². The molecule has 0 fully saturated rings. The van der Waals surface area contributed by atoms with Gasteiger partial charge in [0.05, 0.1) is 13.7 Å². The van der Waals surface area contributed by atoms with Crippen LogP contribution in [0.25, 0.3) is 0 Å². The summed E-state index contributed by atoms with van der Waals surface area (Å²) in [5.41, 5.74) is 6.38. The standard InChI is InChI=1S/C11H16N2O3/c1-8(11(12)13-14)16-7-9-3-5-10(15-2)6-4-9/h3-6,8,14H,7H2,1-2H3,(H2,12,13). The molecule has 88 valence electrons. The van der Waals surface area contributed by atoms with Crippen LogP contribution in [0.4, 0.5) is 0 Å². The van der Waals surface area contributed by atoms with Crippen LogP contribution in [-0.4, -0.2) is 24.3 Å². The maximum absolute atomic E-state index is 8.44. The number of oxime groups is 1. The minimum absolute atomic E-state index is 0.0634. The molecule has 5 heteroatoms. The van der Waals surface area contributed by atoms with Crippen LogP contribution in [-0.2, 0) is 11.3 Å². The van der Waals surface area contributed by atoms with E-state index in [1.807, 2.05) is 24.3 Å². The molecule has 0 heterocycles. The Labute approximate surface area is 94.5 Å². The van der Waals surface area contributed by atoms with Gasteiger partial charge in [-0.25, -0.2) is 0 Å². The van der Waals surface area contributed by atoms with Crippen molar-refractivity contribution in [2.45, 2.75) is 19.6 Å². The average Bonchev–Trinajstić information content (AvgIpc) is 2.35. The van der Waals surface area contributed by atoms with Gasteiger partial charge >= 0.3 is 0 Å². The van der Waals surface area contributed by atoms with E-state index in [1.54, 1.807) is 14.0 Å². The Kier molecular flexibility index (Phi) is 4.60. The molecule has 0 bridgehead atoms. The highest BCUT2D eigenvalue weighted by Gasteiger charge is 2.07. The summed E-state index contributed by atoms with van der Waals surface area (Å²) < 4.78 is 10.4. The molecule has 1 aromatic carbocycles. The minimum atomic E-state index is -0.410. The zero-order valence-corrected chi connectivity index (χ0v) is 9.38. The lowest BCUT2D eigenvalue weighted by molar-refractivity contribution is 0.0927. The van der Waals surface area contributed by atoms with Gasteiger partial charge in [0.25, 0.3) is 0 Å². The van der Waals surface area contributed by atoms with E-state index >= 15 is 0 Å². The summed E-state index contributed by atoms with van der Waals surface area (Å²) in [4.78, 5) is 0. The SMILES string of the molecule is COc1ccc(COC(C)C(N)=NO)cc1. The average molecular weight is 224 g/mol. The first-order chi connectivity index (χ1) is 7.67. The molecule has 0 aromatic heterocycles. The van der Waals surface area contributed by atoms with E-state index in [0.717, 1.165) is 11.3 Å². The fourth-order valence-electron chi connectivity index (χ4n) is 1.11. The van der Waals surface area contributed by atoms with Crippen molar-refractivity contribution in [1.82, 2.24) is 0 Å². The number of nitrogens with two attached hydrogens (primary N) is 1. The lowest BCUT2D eigenvalue weighted by Crippen LogP contribution is -2.28. The number of benzene rings is 1. The number of methoxy groups -OCH3 is 1. The summed E-state index contributed by atoms with van der Waals surface area (Å²) >= 11 is 0. The molecule has 1 rings (SSSR count). The molecule has 5 nitrogen and oxygen atoms in total. The normalized spacial score (nSPS) is 13.5. The van der Waals surface area contributed by atoms with Gasteiger partial charge in [-0.15, -0.1) is 0 Å². The van der Waals surface area contributed by atoms with Crippen LogP contribution in [0.2, 0.25) is 0 Å². The van der Waals surface area contributed by atoms with Gasteiger partial charge in [0, 0.05) is 0 Å². The highest BCUT2D eigenvalue weighted by molar-refractivity contribution is 5.83. The zero-order valence-electron chi connectivity index (χ0n) is 9.38. The maximum atomic E-state index is 8.44. The van der Waals surface area contributed by atoms with E-state index < -0.39 is 6.10 Å². The molecule has 16 heavy (non-hydrogen) atoms. The number of hydrogen-bond acceptors (Lipinski definition) is 4. The van der Waals surface area contributed by atoms with Crippen LogP contribution in [0, 0.1) is 0 Å². The van der Waals surface area contributed by atoms with Gasteiger partial charge in [-0.05, 0) is 24.6 Å². The molecule has 1 atom stereocenters. The van der Waals surface area contributed by atoms with Crippen molar-refractivity contribution < 1.29 is 14.7 Å². The van der Waals surface area contributed by atoms with Crippen molar-refractivity contribution >= 4 is 5.84 Å². The zero-order chi connectivity index (χ0) is 12.0. The smallest absolute Gasteiger partial charge is 0.168 e. The molecule has 0 aliphatic heterocycles. The van der Waals surface area contributed by atoms with E-state index in [1.165, 1.54) is 0 Å². The second-order valence-electron chi connectivity index (χ2n) is 3.33. The van der Waals surface area contributed by atoms with Crippen molar-refractivity contribution in [2.24, 2.45) is 10.9 Å². The van der Waals surface area contributed by atoms with Crippen molar-refractivity contribution in [3.63, 3.8) is 0 Å². The van der Waals surface area contributed by atoms with Crippen LogP contribution in [0.3, 0.4) is 0 Å². The Morgan fingerprint density at radius 2 is 2.06 bits per heavy atom. The molecule has 1 unspecified atom stereocenters. The Bertz CT molecular complexity index is 349. The summed E-state index contributed by atoms with van der Waals surface area (Å²) in [5, 5.41) is 11.3. The summed E-state index contributed by atoms with van der Waals surface area (Å²) in [6, 6.07) is 7.51. The molecular weight excluding hydrogens is 208 g/mol. The predicted molar refractivity (Wildman–Crippen MR) is 60.7 cm³/mol. The van der Waals surface area contributed by atoms with Gasteiger partial charge in [0.15, 0.2) is 5.84 Å². The maximum Gasteiger partial charge on any atom is 0.168 e. The molecule has 0 saturated heterocycles. The highest BCUT2D eigenvalue weighted by atomic mass is 16.5. The monoisotopic (exact) mass is 224 g/mol. The number of nitrogens with zero attached hydrogens (tertiary/aromatic N) is 1. The van der Waals surface area contributed by atoms with Gasteiger partial charge < -0.3 is 20.4 Å². The summed E-state index contributed by atoms with van der Waals surface area (Å²) in [5.74, 6) is 0.863. The fraction of sp³-hybridized carbons (Fsp3) is 0.364. The lowest BCUT2D eigenvalue weighted by Gasteiger charge is -2.11. The molecular formula is C11H16N2O3. The number of ether oxygens (including phenoxy) is 2. The first-order valence-corrected chi connectivity index (χ1v) is 4.89. The van der Waals surface area contributed by atoms with Crippen LogP contribution in [0.1, 0.15) is 12.5 Å². The molecule has 0 saturated carbocycles. The molecule has 0 radical (unpaired) electrons. The summed E-state index contributed by atoms with van der Waals surface area (Å²) in [7, 11) is 1.62. The van der Waals surface area contributed by atoms with Gasteiger partial charge in [-0.1, -0.05) is 17.3 Å². The largest absolute Gasteiger partial charge is 0.497 e. The van der Waals surface area contributed by atoms with Gasteiger partial charge in [0.1, 0.15) is 11.9 Å². The van der Waals surface area contributed by atoms with Crippen molar-refractivity contribution in [3.8, 4) is 5.75 Å². The van der Waals surface area contributed by atoms with E-state index in [9.17, 15) is 0 Å². The number of rotatable bonds is 5. The fourth-order valence-corrected chi connectivity index (χ4v) is 1.11. The number of hydrogen-bond donors (Lipinski definition) is 2. The first-order valence-electron chi connectivity index (χ1n) is 4.89. The molecule has 1 aromatic rings. The molecule has 0 amide bonds. The van der Waals surface area contributed by atoms with Crippen molar-refractivity contribution in [2.75, 3.05) is 7.11 Å².